The topological polar surface area (TPSA) is 64.1 Å². The Morgan fingerprint density at radius 3 is 2.59 bits per heavy atom. The molecule has 29 heavy (non-hydrogen) atoms. The van der Waals surface area contributed by atoms with Crippen molar-refractivity contribution < 1.29 is 9.53 Å². The van der Waals surface area contributed by atoms with Gasteiger partial charge in [0.15, 0.2) is 5.82 Å². The molecule has 4 rings (SSSR count). The molecule has 5 nitrogen and oxygen atoms in total. The van der Waals surface area contributed by atoms with Crippen molar-refractivity contribution in [3.63, 3.8) is 0 Å². The Morgan fingerprint density at radius 1 is 1.00 bits per heavy atom. The molecule has 1 N–H and O–H groups in total. The molecule has 0 bridgehead atoms. The molecule has 0 radical (unpaired) electrons. The molecule has 0 atom stereocenters. The van der Waals surface area contributed by atoms with Crippen LogP contribution in [0.1, 0.15) is 37.9 Å². The summed E-state index contributed by atoms with van der Waals surface area (Å²) in [6.45, 7) is 0.288. The zero-order valence-corrected chi connectivity index (χ0v) is 17.2. The molecule has 3 aromatic rings. The van der Waals surface area contributed by atoms with E-state index in [1.165, 1.54) is 31.0 Å². The molecule has 1 heterocycles. The van der Waals surface area contributed by atoms with E-state index >= 15 is 0 Å². The van der Waals surface area contributed by atoms with Crippen LogP contribution in [0.5, 0.6) is 5.75 Å². The van der Waals surface area contributed by atoms with Gasteiger partial charge in [0.1, 0.15) is 17.4 Å². The van der Waals surface area contributed by atoms with Gasteiger partial charge in [-0.3, -0.25) is 4.79 Å². The van der Waals surface area contributed by atoms with Gasteiger partial charge >= 0.3 is 0 Å². The maximum atomic E-state index is 12.4. The molecule has 0 unspecified atom stereocenters. The number of carbonyl (C=O) groups is 1. The molecule has 1 aromatic heterocycles. The number of ether oxygens (including phenoxy) is 1. The van der Waals surface area contributed by atoms with Crippen molar-refractivity contribution in [3.8, 4) is 5.75 Å². The van der Waals surface area contributed by atoms with Gasteiger partial charge < -0.3 is 10.1 Å². The number of hydrogen-bond donors (Lipinski definition) is 1. The van der Waals surface area contributed by atoms with E-state index < -0.39 is 0 Å². The Labute approximate surface area is 175 Å². The van der Waals surface area contributed by atoms with Crippen LogP contribution in [0.25, 0.3) is 10.9 Å². The lowest BCUT2D eigenvalue weighted by molar-refractivity contribution is -0.119. The molecule has 0 aliphatic heterocycles. The Hall–Kier alpha value is -2.60. The van der Waals surface area contributed by atoms with E-state index in [0.717, 1.165) is 34.5 Å². The number of nitrogens with zero attached hydrogens (tertiary/aromatic N) is 2. The number of rotatable bonds is 7. The highest BCUT2D eigenvalue weighted by molar-refractivity contribution is 8.00. The summed E-state index contributed by atoms with van der Waals surface area (Å²) in [4.78, 5) is 21.7. The molecule has 1 amide bonds. The fourth-order valence-electron chi connectivity index (χ4n) is 3.58. The first-order valence-electron chi connectivity index (χ1n) is 10.1. The van der Waals surface area contributed by atoms with Gasteiger partial charge in [0.25, 0.3) is 0 Å². The van der Waals surface area contributed by atoms with Gasteiger partial charge in [0, 0.05) is 11.4 Å². The van der Waals surface area contributed by atoms with Crippen LogP contribution in [0.4, 0.5) is 0 Å². The van der Waals surface area contributed by atoms with Crippen molar-refractivity contribution >= 4 is 28.6 Å². The Morgan fingerprint density at radius 2 is 1.76 bits per heavy atom. The Balaban J connectivity index is 1.44. The summed E-state index contributed by atoms with van der Waals surface area (Å²) in [5, 5.41) is 4.96. The summed E-state index contributed by atoms with van der Waals surface area (Å²) in [7, 11) is 0. The molecule has 150 valence electrons. The minimum atomic E-state index is 0.0756. The number of hydrogen-bond acceptors (Lipinski definition) is 5. The lowest BCUT2D eigenvalue weighted by atomic mass is 9.95. The van der Waals surface area contributed by atoms with Crippen molar-refractivity contribution in [3.05, 3.63) is 60.4 Å². The minimum absolute atomic E-state index is 0.0756. The van der Waals surface area contributed by atoms with Crippen LogP contribution in [-0.4, -0.2) is 27.7 Å². The third-order valence-electron chi connectivity index (χ3n) is 5.04. The summed E-state index contributed by atoms with van der Waals surface area (Å²) in [5.74, 6) is 1.83. The predicted molar refractivity (Wildman–Crippen MR) is 116 cm³/mol. The average molecular weight is 408 g/mol. The zero-order valence-electron chi connectivity index (χ0n) is 16.3. The Bertz CT molecular complexity index is 959. The maximum absolute atomic E-state index is 12.4. The first kappa shape index (κ1) is 19.7. The van der Waals surface area contributed by atoms with E-state index in [4.69, 9.17) is 4.74 Å². The maximum Gasteiger partial charge on any atom is 0.230 e. The summed E-state index contributed by atoms with van der Waals surface area (Å²) < 4.78 is 5.81. The van der Waals surface area contributed by atoms with Crippen LogP contribution < -0.4 is 10.1 Å². The number of thioether (sulfide) groups is 1. The number of benzene rings is 2. The molecule has 0 spiro atoms. The van der Waals surface area contributed by atoms with Gasteiger partial charge in [-0.1, -0.05) is 67.4 Å². The van der Waals surface area contributed by atoms with E-state index in [0.29, 0.717) is 17.6 Å². The van der Waals surface area contributed by atoms with Crippen LogP contribution in [-0.2, 0) is 11.4 Å². The van der Waals surface area contributed by atoms with Crippen LogP contribution >= 0.6 is 11.8 Å². The van der Waals surface area contributed by atoms with Gasteiger partial charge in [-0.2, -0.15) is 0 Å². The summed E-state index contributed by atoms with van der Waals surface area (Å²) in [6.07, 6.45) is 5.88. The van der Waals surface area contributed by atoms with Gasteiger partial charge in [-0.25, -0.2) is 9.97 Å². The van der Waals surface area contributed by atoms with Gasteiger partial charge in [-0.05, 0) is 31.0 Å². The molecule has 0 saturated heterocycles. The molecule has 1 saturated carbocycles. The van der Waals surface area contributed by atoms with Crippen molar-refractivity contribution in [1.82, 2.24) is 15.3 Å². The number of aromatic nitrogens is 2. The van der Waals surface area contributed by atoms with Crippen molar-refractivity contribution in [2.75, 3.05) is 5.75 Å². The predicted octanol–water partition coefficient (Wildman–Crippen LogP) is 4.75. The standard InChI is InChI=1S/C23H25N3O2S/c27-22(24-17-9-3-1-4-10-17)16-29-23-19-13-7-8-14-20(19)25-21(26-23)15-28-18-11-5-2-6-12-18/h2,5-8,11-14,17H,1,3-4,9-10,15-16H2,(H,24,27). The summed E-state index contributed by atoms with van der Waals surface area (Å²) >= 11 is 1.46. The second-order valence-electron chi connectivity index (χ2n) is 7.25. The largest absolute Gasteiger partial charge is 0.486 e. The lowest BCUT2D eigenvalue weighted by Crippen LogP contribution is -2.37. The first-order chi connectivity index (χ1) is 14.3. The van der Waals surface area contributed by atoms with Crippen molar-refractivity contribution in [2.45, 2.75) is 49.8 Å². The summed E-state index contributed by atoms with van der Waals surface area (Å²) in [5.41, 5.74) is 0.865. The van der Waals surface area contributed by atoms with E-state index in [1.807, 2.05) is 54.6 Å². The van der Waals surface area contributed by atoms with Crippen molar-refractivity contribution in [1.29, 1.82) is 0 Å². The van der Waals surface area contributed by atoms with E-state index in [2.05, 4.69) is 15.3 Å². The van der Waals surface area contributed by atoms with E-state index in [1.54, 1.807) is 0 Å². The quantitative estimate of drug-likeness (QED) is 0.452. The molecule has 1 aliphatic carbocycles. The fraction of sp³-hybridized carbons (Fsp3) is 0.348. The Kier molecular flexibility index (Phi) is 6.62. The van der Waals surface area contributed by atoms with Crippen molar-refractivity contribution in [2.24, 2.45) is 0 Å². The third kappa shape index (κ3) is 5.48. The normalized spacial score (nSPS) is 14.6. The second-order valence-corrected chi connectivity index (χ2v) is 8.22. The molecule has 6 heteroatoms. The van der Waals surface area contributed by atoms with Crippen LogP contribution in [0.2, 0.25) is 0 Å². The summed E-state index contributed by atoms with van der Waals surface area (Å²) in [6, 6.07) is 17.9. The van der Waals surface area contributed by atoms with Crippen LogP contribution in [0, 0.1) is 0 Å². The first-order valence-corrected chi connectivity index (χ1v) is 11.1. The van der Waals surface area contributed by atoms with E-state index in [-0.39, 0.29) is 12.5 Å². The molecule has 2 aromatic carbocycles. The molecule has 1 fully saturated rings. The highest BCUT2D eigenvalue weighted by atomic mass is 32.2. The number of nitrogens with one attached hydrogen (secondary N) is 1. The van der Waals surface area contributed by atoms with E-state index in [9.17, 15) is 4.79 Å². The number of para-hydroxylation sites is 2. The molecular formula is C23H25N3O2S. The second kappa shape index (κ2) is 9.74. The lowest BCUT2D eigenvalue weighted by Gasteiger charge is -2.22. The molecule has 1 aliphatic rings. The third-order valence-corrected chi connectivity index (χ3v) is 6.03. The zero-order chi connectivity index (χ0) is 19.9. The van der Waals surface area contributed by atoms with Crippen LogP contribution in [0.15, 0.2) is 59.6 Å². The number of amides is 1. The number of carbonyl (C=O) groups excluding carboxylic acids is 1. The monoisotopic (exact) mass is 407 g/mol. The highest BCUT2D eigenvalue weighted by Gasteiger charge is 2.17. The SMILES string of the molecule is O=C(CSc1nc(COc2ccccc2)nc2ccccc12)NC1CCCCC1. The fourth-order valence-corrected chi connectivity index (χ4v) is 4.43. The smallest absolute Gasteiger partial charge is 0.230 e. The van der Waals surface area contributed by atoms with Gasteiger partial charge in [0.2, 0.25) is 5.91 Å². The van der Waals surface area contributed by atoms with Gasteiger partial charge in [0.05, 0.1) is 11.3 Å². The average Bonchev–Trinajstić information content (AvgIpc) is 2.77. The van der Waals surface area contributed by atoms with Gasteiger partial charge in [-0.15, -0.1) is 0 Å². The highest BCUT2D eigenvalue weighted by Crippen LogP contribution is 2.26. The molecular weight excluding hydrogens is 382 g/mol. The van der Waals surface area contributed by atoms with Crippen LogP contribution in [0.3, 0.4) is 0 Å². The number of fused-ring (bicyclic) bond motifs is 1. The minimum Gasteiger partial charge on any atom is -0.486 e.